The lowest BCUT2D eigenvalue weighted by molar-refractivity contribution is -0.129. The van der Waals surface area contributed by atoms with Gasteiger partial charge in [-0.25, -0.2) is 4.79 Å². The van der Waals surface area contributed by atoms with E-state index < -0.39 is 12.1 Å². The Kier molecular flexibility index (Phi) is 6.40. The molecule has 1 atom stereocenters. The standard InChI is InChI=1S/C18H17BrClNO3/c1-11-3-5-13(6-4-11)10-21-17(22)12(2)24-18(23)15-9-14(19)7-8-16(15)20/h3-9,12H,10H2,1-2H3,(H,21,22). The Morgan fingerprint density at radius 1 is 1.21 bits per heavy atom. The maximum Gasteiger partial charge on any atom is 0.340 e. The van der Waals surface area contributed by atoms with Crippen LogP contribution in [0.1, 0.15) is 28.4 Å². The molecule has 0 aromatic heterocycles. The SMILES string of the molecule is Cc1ccc(CNC(=O)C(C)OC(=O)c2cc(Br)ccc2Cl)cc1. The van der Waals surface area contributed by atoms with Crippen LogP contribution in [0.2, 0.25) is 5.02 Å². The topological polar surface area (TPSA) is 55.4 Å². The highest BCUT2D eigenvalue weighted by molar-refractivity contribution is 9.10. The zero-order valence-corrected chi connectivity index (χ0v) is 15.6. The first-order chi connectivity index (χ1) is 11.4. The Hall–Kier alpha value is -1.85. The number of halogens is 2. The number of amides is 1. The summed E-state index contributed by atoms with van der Waals surface area (Å²) in [6, 6.07) is 12.7. The van der Waals surface area contributed by atoms with Gasteiger partial charge in [-0.15, -0.1) is 0 Å². The van der Waals surface area contributed by atoms with E-state index in [2.05, 4.69) is 21.2 Å². The molecular formula is C18H17BrClNO3. The van der Waals surface area contributed by atoms with Crippen molar-refractivity contribution in [3.05, 3.63) is 68.7 Å². The van der Waals surface area contributed by atoms with Gasteiger partial charge in [0.1, 0.15) is 0 Å². The van der Waals surface area contributed by atoms with Gasteiger partial charge in [-0.05, 0) is 37.6 Å². The zero-order chi connectivity index (χ0) is 17.7. The van der Waals surface area contributed by atoms with Crippen LogP contribution in [-0.2, 0) is 16.1 Å². The summed E-state index contributed by atoms with van der Waals surface area (Å²) in [7, 11) is 0. The number of hydrogen-bond acceptors (Lipinski definition) is 3. The Morgan fingerprint density at radius 2 is 1.88 bits per heavy atom. The van der Waals surface area contributed by atoms with E-state index in [0.29, 0.717) is 11.0 Å². The third-order valence-electron chi connectivity index (χ3n) is 3.39. The van der Waals surface area contributed by atoms with Gasteiger partial charge in [0.05, 0.1) is 10.6 Å². The first-order valence-electron chi connectivity index (χ1n) is 7.36. The average molecular weight is 411 g/mol. The Balaban J connectivity index is 1.92. The van der Waals surface area contributed by atoms with Crippen LogP contribution < -0.4 is 5.32 Å². The Labute approximate surface area is 154 Å². The smallest absolute Gasteiger partial charge is 0.340 e. The van der Waals surface area contributed by atoms with Gasteiger partial charge in [0, 0.05) is 11.0 Å². The molecule has 0 aliphatic carbocycles. The number of aryl methyl sites for hydroxylation is 1. The molecule has 0 bridgehead atoms. The first-order valence-corrected chi connectivity index (χ1v) is 8.53. The molecule has 0 spiro atoms. The van der Waals surface area contributed by atoms with Gasteiger partial charge >= 0.3 is 5.97 Å². The van der Waals surface area contributed by atoms with Crippen molar-refractivity contribution in [2.45, 2.75) is 26.5 Å². The van der Waals surface area contributed by atoms with Crippen LogP contribution in [0.5, 0.6) is 0 Å². The highest BCUT2D eigenvalue weighted by atomic mass is 79.9. The van der Waals surface area contributed by atoms with E-state index in [4.69, 9.17) is 16.3 Å². The van der Waals surface area contributed by atoms with Crippen molar-refractivity contribution in [1.82, 2.24) is 5.32 Å². The second-order valence-corrected chi connectivity index (χ2v) is 6.70. The van der Waals surface area contributed by atoms with E-state index in [1.54, 1.807) is 18.2 Å². The average Bonchev–Trinajstić information content (AvgIpc) is 2.56. The number of carbonyl (C=O) groups excluding carboxylic acids is 2. The van der Waals surface area contributed by atoms with E-state index >= 15 is 0 Å². The largest absolute Gasteiger partial charge is 0.449 e. The van der Waals surface area contributed by atoms with E-state index in [1.165, 1.54) is 6.92 Å². The molecular weight excluding hydrogens is 394 g/mol. The summed E-state index contributed by atoms with van der Waals surface area (Å²) in [5.41, 5.74) is 2.34. The van der Waals surface area contributed by atoms with Crippen LogP contribution >= 0.6 is 27.5 Å². The lowest BCUT2D eigenvalue weighted by Gasteiger charge is -2.14. The van der Waals surface area contributed by atoms with Crippen molar-refractivity contribution in [1.29, 1.82) is 0 Å². The molecule has 0 heterocycles. The van der Waals surface area contributed by atoms with E-state index in [-0.39, 0.29) is 16.5 Å². The van der Waals surface area contributed by atoms with E-state index in [1.807, 2.05) is 31.2 Å². The fourth-order valence-corrected chi connectivity index (χ4v) is 2.53. The lowest BCUT2D eigenvalue weighted by Crippen LogP contribution is -2.35. The van der Waals surface area contributed by atoms with Gasteiger partial charge < -0.3 is 10.1 Å². The predicted molar refractivity (Wildman–Crippen MR) is 97.1 cm³/mol. The first kappa shape index (κ1) is 18.5. The van der Waals surface area contributed by atoms with Gasteiger partial charge in [-0.2, -0.15) is 0 Å². The fourth-order valence-electron chi connectivity index (χ4n) is 1.97. The zero-order valence-electron chi connectivity index (χ0n) is 13.3. The Bertz CT molecular complexity index is 746. The van der Waals surface area contributed by atoms with E-state index in [9.17, 15) is 9.59 Å². The summed E-state index contributed by atoms with van der Waals surface area (Å²) in [5.74, 6) is -1.01. The van der Waals surface area contributed by atoms with Crippen LogP contribution in [0.15, 0.2) is 46.9 Å². The lowest BCUT2D eigenvalue weighted by atomic mass is 10.1. The maximum atomic E-state index is 12.1. The summed E-state index contributed by atoms with van der Waals surface area (Å²) in [4.78, 5) is 24.2. The molecule has 0 saturated heterocycles. The molecule has 2 aromatic rings. The van der Waals surface area contributed by atoms with Crippen molar-refractivity contribution < 1.29 is 14.3 Å². The second kappa shape index (κ2) is 8.31. The molecule has 4 nitrogen and oxygen atoms in total. The molecule has 1 N–H and O–H groups in total. The molecule has 2 rings (SSSR count). The van der Waals surface area contributed by atoms with Gasteiger partial charge in [0.15, 0.2) is 6.10 Å². The quantitative estimate of drug-likeness (QED) is 0.749. The van der Waals surface area contributed by atoms with Gasteiger partial charge in [0.25, 0.3) is 5.91 Å². The molecule has 0 aliphatic rings. The minimum absolute atomic E-state index is 0.212. The Morgan fingerprint density at radius 3 is 2.54 bits per heavy atom. The van der Waals surface area contributed by atoms with Crippen molar-refractivity contribution in [3.8, 4) is 0 Å². The molecule has 126 valence electrons. The van der Waals surface area contributed by atoms with Crippen LogP contribution in [0.3, 0.4) is 0 Å². The van der Waals surface area contributed by atoms with Crippen LogP contribution in [-0.4, -0.2) is 18.0 Å². The van der Waals surface area contributed by atoms with Crippen LogP contribution in [0.4, 0.5) is 0 Å². The summed E-state index contributed by atoms with van der Waals surface area (Å²) in [6.07, 6.45) is -0.919. The third-order valence-corrected chi connectivity index (χ3v) is 4.21. The van der Waals surface area contributed by atoms with Crippen LogP contribution in [0.25, 0.3) is 0 Å². The second-order valence-electron chi connectivity index (χ2n) is 5.38. The number of rotatable bonds is 5. The number of carbonyl (C=O) groups is 2. The molecule has 6 heteroatoms. The number of ether oxygens (including phenoxy) is 1. The molecule has 0 saturated carbocycles. The van der Waals surface area contributed by atoms with Gasteiger partial charge in [-0.3, -0.25) is 4.79 Å². The molecule has 1 amide bonds. The normalized spacial score (nSPS) is 11.7. The monoisotopic (exact) mass is 409 g/mol. The van der Waals surface area contributed by atoms with Crippen molar-refractivity contribution in [2.24, 2.45) is 0 Å². The molecule has 2 aromatic carbocycles. The summed E-state index contributed by atoms with van der Waals surface area (Å²) < 4.78 is 5.89. The number of nitrogens with one attached hydrogen (secondary N) is 1. The van der Waals surface area contributed by atoms with Crippen molar-refractivity contribution in [2.75, 3.05) is 0 Å². The number of benzene rings is 2. The fraction of sp³-hybridized carbons (Fsp3) is 0.222. The molecule has 0 radical (unpaired) electrons. The number of hydrogen-bond donors (Lipinski definition) is 1. The highest BCUT2D eigenvalue weighted by Crippen LogP contribution is 2.22. The maximum absolute atomic E-state index is 12.1. The van der Waals surface area contributed by atoms with E-state index in [0.717, 1.165) is 11.1 Å². The van der Waals surface area contributed by atoms with Gasteiger partial charge in [0.2, 0.25) is 0 Å². The van der Waals surface area contributed by atoms with Crippen molar-refractivity contribution >= 4 is 39.4 Å². The predicted octanol–water partition coefficient (Wildman–Crippen LogP) is 4.27. The molecule has 1 unspecified atom stereocenters. The van der Waals surface area contributed by atoms with Crippen LogP contribution in [0, 0.1) is 6.92 Å². The van der Waals surface area contributed by atoms with Crippen molar-refractivity contribution in [3.63, 3.8) is 0 Å². The molecule has 0 fully saturated rings. The minimum atomic E-state index is -0.919. The third kappa shape index (κ3) is 5.08. The summed E-state index contributed by atoms with van der Waals surface area (Å²) in [5, 5.41) is 3.02. The van der Waals surface area contributed by atoms with Gasteiger partial charge in [-0.1, -0.05) is 57.4 Å². The number of esters is 1. The summed E-state index contributed by atoms with van der Waals surface area (Å²) in [6.45, 7) is 3.89. The summed E-state index contributed by atoms with van der Waals surface area (Å²) >= 11 is 9.26. The minimum Gasteiger partial charge on any atom is -0.449 e. The highest BCUT2D eigenvalue weighted by Gasteiger charge is 2.20. The molecule has 0 aliphatic heterocycles. The molecule has 24 heavy (non-hydrogen) atoms.